The maximum Gasteiger partial charge on any atom is 0.258 e. The fourth-order valence-electron chi connectivity index (χ4n) is 6.27. The Labute approximate surface area is 206 Å². The lowest BCUT2D eigenvalue weighted by Gasteiger charge is -2.48. The van der Waals surface area contributed by atoms with Crippen LogP contribution in [-0.2, 0) is 13.0 Å². The largest absolute Gasteiger partial charge is 0.489 e. The highest BCUT2D eigenvalue weighted by molar-refractivity contribution is 5.88. The lowest BCUT2D eigenvalue weighted by molar-refractivity contribution is 0.0749. The van der Waals surface area contributed by atoms with Crippen molar-refractivity contribution in [1.82, 2.24) is 14.0 Å². The van der Waals surface area contributed by atoms with Crippen LogP contribution in [0.2, 0.25) is 0 Å². The van der Waals surface area contributed by atoms with Gasteiger partial charge in [0.25, 0.3) is 5.56 Å². The summed E-state index contributed by atoms with van der Waals surface area (Å²) in [4.78, 5) is 15.7. The van der Waals surface area contributed by atoms with Crippen molar-refractivity contribution >= 4 is 10.9 Å². The second kappa shape index (κ2) is 8.97. The van der Waals surface area contributed by atoms with Crippen LogP contribution in [0.4, 0.5) is 0 Å². The number of likely N-dealkylation sites (N-methyl/N-ethyl adjacent to an activating group) is 1. The first-order valence-electron chi connectivity index (χ1n) is 12.8. The molecule has 2 bridgehead atoms. The Hall–Kier alpha value is -3.44. The van der Waals surface area contributed by atoms with Gasteiger partial charge in [-0.25, -0.2) is 0 Å². The lowest BCUT2D eigenvalue weighted by atomic mass is 9.82. The van der Waals surface area contributed by atoms with Crippen LogP contribution in [-0.4, -0.2) is 26.6 Å². The summed E-state index contributed by atoms with van der Waals surface area (Å²) in [5.74, 6) is 0.587. The number of aromatic nitrogens is 2. The summed E-state index contributed by atoms with van der Waals surface area (Å²) in [6.45, 7) is 8.13. The fourth-order valence-corrected chi connectivity index (χ4v) is 6.27. The molecule has 0 amide bonds. The summed E-state index contributed by atoms with van der Waals surface area (Å²) in [6.07, 6.45) is 6.74. The number of hydrogen-bond acceptors (Lipinski definition) is 3. The van der Waals surface area contributed by atoms with Gasteiger partial charge in [-0.05, 0) is 43.5 Å². The number of hydrogen-bond donors (Lipinski definition) is 0. The molecule has 2 aromatic carbocycles. The Morgan fingerprint density at radius 2 is 1.91 bits per heavy atom. The predicted octanol–water partition coefficient (Wildman–Crippen LogP) is 5.87. The molecule has 1 saturated heterocycles. The maximum absolute atomic E-state index is 13.0. The Bertz CT molecular complexity index is 1420. The highest BCUT2D eigenvalue weighted by Crippen LogP contribution is 2.46. The average molecular weight is 467 g/mol. The van der Waals surface area contributed by atoms with Crippen molar-refractivity contribution in [2.45, 2.75) is 58.2 Å². The summed E-state index contributed by atoms with van der Waals surface area (Å²) in [6, 6.07) is 21.0. The Balaban J connectivity index is 1.36. The van der Waals surface area contributed by atoms with Crippen LogP contribution in [0.5, 0.6) is 5.75 Å². The Morgan fingerprint density at radius 3 is 2.69 bits per heavy atom. The number of piperidine rings is 1. The molecule has 4 aromatic rings. The zero-order valence-electron chi connectivity index (χ0n) is 20.5. The third-order valence-electron chi connectivity index (χ3n) is 7.82. The van der Waals surface area contributed by atoms with Crippen LogP contribution in [0.25, 0.3) is 16.6 Å². The number of rotatable bonds is 6. The van der Waals surface area contributed by atoms with Crippen molar-refractivity contribution in [2.75, 3.05) is 6.54 Å². The number of fused-ring (bicyclic) bond motifs is 6. The van der Waals surface area contributed by atoms with E-state index in [0.29, 0.717) is 24.4 Å². The lowest BCUT2D eigenvalue weighted by Crippen LogP contribution is -2.46. The van der Waals surface area contributed by atoms with Gasteiger partial charge in [0.1, 0.15) is 12.4 Å². The Kier molecular flexibility index (Phi) is 5.65. The highest BCUT2D eigenvalue weighted by Gasteiger charge is 2.36. The third-order valence-corrected chi connectivity index (χ3v) is 7.82. The maximum atomic E-state index is 13.0. The number of pyridine rings is 1. The molecule has 5 heteroatoms. The van der Waals surface area contributed by atoms with Crippen molar-refractivity contribution in [3.63, 3.8) is 0 Å². The molecular formula is C30H32N3O2-. The number of nitrogens with zero attached hydrogens (tertiary/aromatic N) is 3. The van der Waals surface area contributed by atoms with E-state index in [1.807, 2.05) is 42.6 Å². The van der Waals surface area contributed by atoms with Gasteiger partial charge in [-0.3, -0.25) is 14.3 Å². The molecule has 2 aliphatic rings. The van der Waals surface area contributed by atoms with Gasteiger partial charge in [-0.1, -0.05) is 84.9 Å². The molecule has 2 aliphatic heterocycles. The molecule has 0 aliphatic carbocycles. The summed E-state index contributed by atoms with van der Waals surface area (Å²) >= 11 is 0. The molecule has 2 atom stereocenters. The topological polar surface area (TPSA) is 39.4 Å². The molecule has 6 rings (SSSR count). The van der Waals surface area contributed by atoms with Gasteiger partial charge in [0.2, 0.25) is 0 Å². The van der Waals surface area contributed by atoms with Gasteiger partial charge >= 0.3 is 0 Å². The van der Waals surface area contributed by atoms with Gasteiger partial charge in [0.05, 0.1) is 0 Å². The molecular weight excluding hydrogens is 434 g/mol. The van der Waals surface area contributed by atoms with E-state index >= 15 is 0 Å². The third kappa shape index (κ3) is 3.75. The zero-order valence-corrected chi connectivity index (χ0v) is 20.5. The standard InChI is InChI=1S/C30H32N3O2/c1-3-31-22-11-8-12-26(31)30-25-14-13-23(17-27(25)32(4-2)28(30)18-22)33-16-15-24(19-29(33)34)35-20-21-9-6-5-7-10-21/h4-7,9-10,13-17,19,22,26H,3,8,11-12,18,20H2,1-2H3/q-1. The minimum atomic E-state index is -0.0914. The van der Waals surface area contributed by atoms with Crippen LogP contribution in [0.3, 0.4) is 0 Å². The summed E-state index contributed by atoms with van der Waals surface area (Å²) in [5, 5.41) is 1.32. The normalized spacial score (nSPS) is 19.5. The smallest absolute Gasteiger partial charge is 0.258 e. The second-order valence-corrected chi connectivity index (χ2v) is 9.67. The molecule has 1 fully saturated rings. The van der Waals surface area contributed by atoms with Gasteiger partial charge in [0.15, 0.2) is 0 Å². The average Bonchev–Trinajstić information content (AvgIpc) is 3.19. The molecule has 5 nitrogen and oxygen atoms in total. The molecule has 0 spiro atoms. The zero-order chi connectivity index (χ0) is 23.9. The number of benzene rings is 2. The molecule has 4 heterocycles. The van der Waals surface area contributed by atoms with Gasteiger partial charge in [-0.2, -0.15) is 0 Å². The van der Waals surface area contributed by atoms with E-state index in [-0.39, 0.29) is 5.56 Å². The monoisotopic (exact) mass is 466 g/mol. The summed E-state index contributed by atoms with van der Waals surface area (Å²) in [7, 11) is 0. The molecule has 0 radical (unpaired) electrons. The highest BCUT2D eigenvalue weighted by atomic mass is 16.5. The summed E-state index contributed by atoms with van der Waals surface area (Å²) in [5.41, 5.74) is 6.01. The van der Waals surface area contributed by atoms with Crippen LogP contribution in [0.15, 0.2) is 71.7 Å². The first kappa shape index (κ1) is 22.1. The van der Waals surface area contributed by atoms with E-state index in [9.17, 15) is 4.79 Å². The number of ether oxygens (including phenoxy) is 1. The SMILES string of the molecule is C[CH-]n1c2c(c3ccc(-n4ccc(OCc5ccccc5)cc4=O)cc31)C1CCCC(C2)N1CC. The van der Waals surface area contributed by atoms with Gasteiger partial charge < -0.3 is 9.30 Å². The molecule has 2 aromatic heterocycles. The molecule has 180 valence electrons. The minimum Gasteiger partial charge on any atom is -0.489 e. The predicted molar refractivity (Wildman–Crippen MR) is 140 cm³/mol. The van der Waals surface area contributed by atoms with Crippen molar-refractivity contribution in [2.24, 2.45) is 0 Å². The van der Waals surface area contributed by atoms with Gasteiger partial charge in [-0.15, -0.1) is 6.54 Å². The molecule has 0 saturated carbocycles. The first-order valence-corrected chi connectivity index (χ1v) is 12.8. The first-order chi connectivity index (χ1) is 17.2. The van der Waals surface area contributed by atoms with E-state index in [0.717, 1.165) is 24.2 Å². The van der Waals surface area contributed by atoms with Crippen LogP contribution in [0.1, 0.15) is 56.0 Å². The van der Waals surface area contributed by atoms with E-state index in [4.69, 9.17) is 4.74 Å². The van der Waals surface area contributed by atoms with Crippen molar-refractivity contribution < 1.29 is 4.74 Å². The minimum absolute atomic E-state index is 0.0914. The molecule has 2 unspecified atom stereocenters. The van der Waals surface area contributed by atoms with E-state index < -0.39 is 0 Å². The van der Waals surface area contributed by atoms with Crippen molar-refractivity contribution in [3.05, 3.63) is 101 Å². The van der Waals surface area contributed by atoms with Crippen molar-refractivity contribution in [3.8, 4) is 11.4 Å². The Morgan fingerprint density at radius 1 is 1.06 bits per heavy atom. The van der Waals surface area contributed by atoms with Crippen LogP contribution in [0, 0.1) is 6.54 Å². The van der Waals surface area contributed by atoms with E-state index in [1.165, 1.54) is 41.4 Å². The fraction of sp³-hybridized carbons (Fsp3) is 0.333. The quantitative estimate of drug-likeness (QED) is 0.334. The van der Waals surface area contributed by atoms with Crippen LogP contribution >= 0.6 is 0 Å². The molecule has 0 N–H and O–H groups in total. The summed E-state index contributed by atoms with van der Waals surface area (Å²) < 4.78 is 9.94. The van der Waals surface area contributed by atoms with Gasteiger partial charge in [0, 0.05) is 30.0 Å². The molecule has 35 heavy (non-hydrogen) atoms. The van der Waals surface area contributed by atoms with Crippen molar-refractivity contribution in [1.29, 1.82) is 0 Å². The van der Waals surface area contributed by atoms with E-state index in [1.54, 1.807) is 10.6 Å². The second-order valence-electron chi connectivity index (χ2n) is 9.67. The van der Waals surface area contributed by atoms with Crippen LogP contribution < -0.4 is 10.3 Å². The van der Waals surface area contributed by atoms with E-state index in [2.05, 4.69) is 48.1 Å².